The molecule has 0 radical (unpaired) electrons. The van der Waals surface area contributed by atoms with Crippen molar-refractivity contribution in [3.8, 4) is 6.07 Å². The zero-order chi connectivity index (χ0) is 15.1. The summed E-state index contributed by atoms with van der Waals surface area (Å²) >= 11 is 0. The van der Waals surface area contributed by atoms with Gasteiger partial charge in [-0.3, -0.25) is 0 Å². The van der Waals surface area contributed by atoms with Crippen molar-refractivity contribution in [2.75, 3.05) is 24.6 Å². The van der Waals surface area contributed by atoms with Gasteiger partial charge in [-0.25, -0.2) is 0 Å². The summed E-state index contributed by atoms with van der Waals surface area (Å²) in [6, 6.07) is 9.01. The second-order valence-electron chi connectivity index (χ2n) is 5.60. The number of hydrogen-bond acceptors (Lipinski definition) is 4. The van der Waals surface area contributed by atoms with Gasteiger partial charge in [-0.1, -0.05) is 13.0 Å². The van der Waals surface area contributed by atoms with Crippen molar-refractivity contribution in [3.05, 3.63) is 29.3 Å². The van der Waals surface area contributed by atoms with Crippen LogP contribution >= 0.6 is 0 Å². The molecule has 21 heavy (non-hydrogen) atoms. The van der Waals surface area contributed by atoms with Crippen molar-refractivity contribution in [1.29, 1.82) is 5.26 Å². The Labute approximate surface area is 127 Å². The maximum Gasteiger partial charge on any atom is 0.101 e. The Hall–Kier alpha value is -1.57. The molecule has 0 amide bonds. The maximum atomic E-state index is 9.45. The van der Waals surface area contributed by atoms with E-state index in [1.54, 1.807) is 0 Å². The third-order valence-corrected chi connectivity index (χ3v) is 4.14. The van der Waals surface area contributed by atoms with E-state index in [4.69, 9.17) is 5.11 Å². The van der Waals surface area contributed by atoms with Crippen molar-refractivity contribution in [1.82, 2.24) is 5.32 Å². The Morgan fingerprint density at radius 1 is 1.48 bits per heavy atom. The van der Waals surface area contributed by atoms with Crippen molar-refractivity contribution in [2.45, 2.75) is 45.2 Å². The van der Waals surface area contributed by atoms with Crippen LogP contribution in [0.15, 0.2) is 18.2 Å². The Bertz CT molecular complexity index is 495. The van der Waals surface area contributed by atoms with Gasteiger partial charge in [-0.15, -0.1) is 0 Å². The van der Waals surface area contributed by atoms with Gasteiger partial charge in [-0.05, 0) is 49.9 Å². The fourth-order valence-electron chi connectivity index (χ4n) is 3.08. The predicted octanol–water partition coefficient (Wildman–Crippen LogP) is 2.41. The van der Waals surface area contributed by atoms with Crippen molar-refractivity contribution >= 4 is 5.69 Å². The summed E-state index contributed by atoms with van der Waals surface area (Å²) in [4.78, 5) is 2.35. The smallest absolute Gasteiger partial charge is 0.101 e. The second-order valence-corrected chi connectivity index (χ2v) is 5.60. The molecule has 1 unspecified atom stereocenters. The monoisotopic (exact) mass is 287 g/mol. The third kappa shape index (κ3) is 3.96. The van der Waals surface area contributed by atoms with Crippen LogP contribution in [-0.4, -0.2) is 30.8 Å². The molecule has 0 aliphatic carbocycles. The van der Waals surface area contributed by atoms with Crippen LogP contribution in [0.5, 0.6) is 0 Å². The molecule has 1 saturated heterocycles. The van der Waals surface area contributed by atoms with E-state index in [2.05, 4.69) is 35.3 Å². The molecule has 1 aliphatic rings. The maximum absolute atomic E-state index is 9.45. The highest BCUT2D eigenvalue weighted by Crippen LogP contribution is 2.31. The molecule has 1 aromatic carbocycles. The first-order chi connectivity index (χ1) is 10.3. The highest BCUT2D eigenvalue weighted by atomic mass is 16.2. The topological polar surface area (TPSA) is 59.3 Å². The van der Waals surface area contributed by atoms with Gasteiger partial charge in [0.25, 0.3) is 0 Å². The van der Waals surface area contributed by atoms with Gasteiger partial charge >= 0.3 is 0 Å². The molecule has 2 rings (SSSR count). The molecule has 0 aromatic heterocycles. The normalized spacial score (nSPS) is 18.0. The van der Waals surface area contributed by atoms with Gasteiger partial charge in [0.1, 0.15) is 6.07 Å². The van der Waals surface area contributed by atoms with Crippen molar-refractivity contribution in [2.24, 2.45) is 0 Å². The van der Waals surface area contributed by atoms with Gasteiger partial charge in [0, 0.05) is 25.7 Å². The number of anilines is 1. The molecular weight excluding hydrogens is 262 g/mol. The van der Waals surface area contributed by atoms with Crippen LogP contribution in [0.25, 0.3) is 0 Å². The van der Waals surface area contributed by atoms with Crippen molar-refractivity contribution < 1.29 is 5.11 Å². The molecule has 4 nitrogen and oxygen atoms in total. The average molecular weight is 287 g/mol. The van der Waals surface area contributed by atoms with E-state index < -0.39 is 0 Å². The molecule has 1 aliphatic heterocycles. The van der Waals surface area contributed by atoms with E-state index in [1.165, 1.54) is 6.42 Å². The zero-order valence-corrected chi connectivity index (χ0v) is 12.8. The van der Waals surface area contributed by atoms with Crippen LogP contribution in [0.3, 0.4) is 0 Å². The minimum atomic E-state index is 0.247. The Kier molecular flexibility index (Phi) is 6.04. The van der Waals surface area contributed by atoms with E-state index in [0.29, 0.717) is 6.04 Å². The molecule has 1 fully saturated rings. The second kappa shape index (κ2) is 8.02. The molecule has 1 heterocycles. The fourth-order valence-corrected chi connectivity index (χ4v) is 3.08. The van der Waals surface area contributed by atoms with Crippen LogP contribution in [-0.2, 0) is 6.54 Å². The number of nitriles is 1. The lowest BCUT2D eigenvalue weighted by molar-refractivity contribution is 0.279. The number of rotatable bonds is 7. The van der Waals surface area contributed by atoms with Gasteiger partial charge in [0.15, 0.2) is 0 Å². The standard InChI is InChI=1S/C17H25N3O/c1-2-19-13-14-7-8-17(15(11-14)12-18)20-9-3-5-16(20)6-4-10-21/h7-8,11,16,19,21H,2-6,9-10,13H2,1H3. The number of aliphatic hydroxyl groups is 1. The summed E-state index contributed by atoms with van der Waals surface area (Å²) in [5, 5.41) is 21.8. The average Bonchev–Trinajstić information content (AvgIpc) is 2.98. The lowest BCUT2D eigenvalue weighted by atomic mass is 10.1. The lowest BCUT2D eigenvalue weighted by Crippen LogP contribution is -2.30. The van der Waals surface area contributed by atoms with Gasteiger partial charge in [-0.2, -0.15) is 5.26 Å². The van der Waals surface area contributed by atoms with E-state index in [9.17, 15) is 5.26 Å². The molecule has 0 spiro atoms. The van der Waals surface area contributed by atoms with E-state index >= 15 is 0 Å². The molecule has 4 heteroatoms. The first kappa shape index (κ1) is 15.8. The Balaban J connectivity index is 2.16. The van der Waals surface area contributed by atoms with E-state index in [-0.39, 0.29) is 6.61 Å². The zero-order valence-electron chi connectivity index (χ0n) is 12.8. The number of hydrogen-bond donors (Lipinski definition) is 2. The first-order valence-corrected chi connectivity index (χ1v) is 7.91. The number of nitrogens with zero attached hydrogens (tertiary/aromatic N) is 2. The highest BCUT2D eigenvalue weighted by molar-refractivity contribution is 5.61. The largest absolute Gasteiger partial charge is 0.396 e. The first-order valence-electron chi connectivity index (χ1n) is 7.91. The summed E-state index contributed by atoms with van der Waals surface area (Å²) < 4.78 is 0. The molecular formula is C17H25N3O. The van der Waals surface area contributed by atoms with E-state index in [1.807, 2.05) is 6.07 Å². The third-order valence-electron chi connectivity index (χ3n) is 4.14. The van der Waals surface area contributed by atoms with Gasteiger partial charge < -0.3 is 15.3 Å². The van der Waals surface area contributed by atoms with Gasteiger partial charge in [0.05, 0.1) is 11.3 Å². The molecule has 1 atom stereocenters. The summed E-state index contributed by atoms with van der Waals surface area (Å²) in [5.74, 6) is 0. The van der Waals surface area contributed by atoms with Gasteiger partial charge in [0.2, 0.25) is 0 Å². The fraction of sp³-hybridized carbons (Fsp3) is 0.588. The number of aliphatic hydroxyl groups excluding tert-OH is 1. The SMILES string of the molecule is CCNCc1ccc(N2CCCC2CCCO)c(C#N)c1. The van der Waals surface area contributed by atoms with E-state index in [0.717, 1.165) is 55.7 Å². The quantitative estimate of drug-likeness (QED) is 0.808. The van der Waals surface area contributed by atoms with Crippen LogP contribution in [0.1, 0.15) is 43.7 Å². The lowest BCUT2D eigenvalue weighted by Gasteiger charge is -2.28. The van der Waals surface area contributed by atoms with Crippen LogP contribution in [0.4, 0.5) is 5.69 Å². The summed E-state index contributed by atoms with van der Waals surface area (Å²) in [6.45, 7) is 5.07. The number of nitrogens with one attached hydrogen (secondary N) is 1. The minimum absolute atomic E-state index is 0.247. The summed E-state index contributed by atoms with van der Waals surface area (Å²) in [6.07, 6.45) is 4.16. The molecule has 1 aromatic rings. The molecule has 0 bridgehead atoms. The Morgan fingerprint density at radius 3 is 3.05 bits per heavy atom. The van der Waals surface area contributed by atoms with Crippen LogP contribution < -0.4 is 10.2 Å². The molecule has 0 saturated carbocycles. The van der Waals surface area contributed by atoms with Crippen LogP contribution in [0, 0.1) is 11.3 Å². The predicted molar refractivity (Wildman–Crippen MR) is 85.2 cm³/mol. The Morgan fingerprint density at radius 2 is 2.33 bits per heavy atom. The minimum Gasteiger partial charge on any atom is -0.396 e. The molecule has 114 valence electrons. The van der Waals surface area contributed by atoms with Crippen molar-refractivity contribution in [3.63, 3.8) is 0 Å². The number of benzene rings is 1. The molecule has 2 N–H and O–H groups in total. The summed E-state index contributed by atoms with van der Waals surface area (Å²) in [7, 11) is 0. The van der Waals surface area contributed by atoms with Crippen LogP contribution in [0.2, 0.25) is 0 Å². The summed E-state index contributed by atoms with van der Waals surface area (Å²) in [5.41, 5.74) is 2.97. The highest BCUT2D eigenvalue weighted by Gasteiger charge is 2.25.